The first-order valence-electron chi connectivity index (χ1n) is 8.90. The van der Waals surface area contributed by atoms with Crippen LogP contribution in [0.1, 0.15) is 37.4 Å². The molecule has 2 aliphatic rings. The van der Waals surface area contributed by atoms with E-state index in [9.17, 15) is 9.90 Å². The van der Waals surface area contributed by atoms with E-state index in [4.69, 9.17) is 5.11 Å². The summed E-state index contributed by atoms with van der Waals surface area (Å²) in [5, 5.41) is 21.8. The number of carbonyl (C=O) groups is 1. The van der Waals surface area contributed by atoms with Gasteiger partial charge >= 0.3 is 0 Å². The van der Waals surface area contributed by atoms with Crippen LogP contribution in [0.4, 0.5) is 0 Å². The van der Waals surface area contributed by atoms with E-state index in [-0.39, 0.29) is 36.5 Å². The lowest BCUT2D eigenvalue weighted by atomic mass is 9.76. The topological polar surface area (TPSA) is 85.7 Å². The lowest BCUT2D eigenvalue weighted by Gasteiger charge is -2.39. The second kappa shape index (κ2) is 8.05. The van der Waals surface area contributed by atoms with E-state index in [1.54, 1.807) is 6.20 Å². The van der Waals surface area contributed by atoms with Crippen LogP contribution in [0.3, 0.4) is 0 Å². The molecule has 1 saturated heterocycles. The highest BCUT2D eigenvalue weighted by Crippen LogP contribution is 2.37. The number of aliphatic hydroxyl groups is 2. The van der Waals surface area contributed by atoms with Gasteiger partial charge in [-0.25, -0.2) is 0 Å². The number of piperidine rings is 1. The minimum Gasteiger partial charge on any atom is -0.395 e. The maximum atomic E-state index is 12.7. The number of hydrogen-bond donors (Lipinski definition) is 3. The van der Waals surface area contributed by atoms with Crippen molar-refractivity contribution in [1.29, 1.82) is 0 Å². The van der Waals surface area contributed by atoms with Gasteiger partial charge in [0.2, 0.25) is 5.91 Å². The molecule has 0 spiro atoms. The number of nitrogens with zero attached hydrogens (tertiary/aromatic N) is 2. The number of hydrogen-bond acceptors (Lipinski definition) is 5. The van der Waals surface area contributed by atoms with Gasteiger partial charge in [0.1, 0.15) is 0 Å². The number of amides is 1. The summed E-state index contributed by atoms with van der Waals surface area (Å²) >= 11 is 0. The molecule has 1 aliphatic carbocycles. The van der Waals surface area contributed by atoms with Crippen LogP contribution in [-0.4, -0.2) is 58.3 Å². The molecule has 6 nitrogen and oxygen atoms in total. The van der Waals surface area contributed by atoms with Crippen molar-refractivity contribution < 1.29 is 15.0 Å². The molecule has 0 aromatic carbocycles. The minimum atomic E-state index is -0.250. The Kier molecular flexibility index (Phi) is 5.81. The zero-order valence-electron chi connectivity index (χ0n) is 14.0. The summed E-state index contributed by atoms with van der Waals surface area (Å²) in [6.07, 6.45) is 4.59. The van der Waals surface area contributed by atoms with Crippen molar-refractivity contribution in [2.45, 2.75) is 37.8 Å². The number of aromatic nitrogens is 1. The lowest BCUT2D eigenvalue weighted by molar-refractivity contribution is -0.128. The average Bonchev–Trinajstić information content (AvgIpc) is 2.59. The molecule has 2 heterocycles. The number of nitrogens with one attached hydrogen (secondary N) is 1. The van der Waals surface area contributed by atoms with E-state index in [0.29, 0.717) is 6.54 Å². The fourth-order valence-electron chi connectivity index (χ4n) is 3.73. The Hall–Kier alpha value is -1.50. The molecule has 132 valence electrons. The second-order valence-electron chi connectivity index (χ2n) is 6.97. The number of carbonyl (C=O) groups excluding carboxylic acids is 1. The molecule has 1 atom stereocenters. The number of pyridine rings is 1. The van der Waals surface area contributed by atoms with Crippen molar-refractivity contribution in [3.05, 3.63) is 30.1 Å². The molecule has 24 heavy (non-hydrogen) atoms. The van der Waals surface area contributed by atoms with Crippen molar-refractivity contribution in [2.75, 3.05) is 26.2 Å². The van der Waals surface area contributed by atoms with Crippen LogP contribution in [0.2, 0.25) is 0 Å². The average molecular weight is 333 g/mol. The minimum absolute atomic E-state index is 0.0242. The number of aliphatic hydroxyl groups excluding tert-OH is 2. The Labute approximate surface area is 142 Å². The molecule has 2 fully saturated rings. The molecule has 1 saturated carbocycles. The van der Waals surface area contributed by atoms with Gasteiger partial charge in [0, 0.05) is 18.7 Å². The molecule has 0 bridgehead atoms. The highest BCUT2D eigenvalue weighted by molar-refractivity contribution is 5.79. The van der Waals surface area contributed by atoms with Gasteiger partial charge in [0.15, 0.2) is 0 Å². The molecule has 1 amide bonds. The van der Waals surface area contributed by atoms with Crippen molar-refractivity contribution >= 4 is 5.91 Å². The summed E-state index contributed by atoms with van der Waals surface area (Å²) in [5.74, 6) is 0.375. The summed E-state index contributed by atoms with van der Waals surface area (Å²) in [5.41, 5.74) is 0.875. The summed E-state index contributed by atoms with van der Waals surface area (Å²) in [6.45, 7) is 2.57. The molecule has 1 aromatic heterocycles. The predicted octanol–water partition coefficient (Wildman–Crippen LogP) is 0.714. The summed E-state index contributed by atoms with van der Waals surface area (Å²) < 4.78 is 0. The molecule has 0 radical (unpaired) electrons. The molecule has 3 N–H and O–H groups in total. The number of β-amino-alcohol motifs (C(OH)–C–C–N with tert-alkyl or cyclic N) is 1. The quantitative estimate of drug-likeness (QED) is 0.714. The van der Waals surface area contributed by atoms with Crippen molar-refractivity contribution in [3.8, 4) is 0 Å². The number of rotatable bonds is 6. The van der Waals surface area contributed by atoms with E-state index in [0.717, 1.165) is 44.5 Å². The van der Waals surface area contributed by atoms with Crippen molar-refractivity contribution in [1.82, 2.24) is 15.2 Å². The maximum absolute atomic E-state index is 12.7. The molecular weight excluding hydrogens is 306 g/mol. The highest BCUT2D eigenvalue weighted by Gasteiger charge is 2.37. The molecule has 1 aromatic rings. The first-order valence-corrected chi connectivity index (χ1v) is 8.90. The standard InChI is InChI=1S/C18H27N3O3/c22-10-9-21-7-4-13(5-8-21)18(24)20-17(14-11-15(23)12-14)16-3-1-2-6-19-16/h1-3,6,13-15,17,22-23H,4-5,7-12H2,(H,20,24)/t14?,15?,17-/m0/s1. The summed E-state index contributed by atoms with van der Waals surface area (Å²) in [7, 11) is 0. The van der Waals surface area contributed by atoms with Crippen molar-refractivity contribution in [3.63, 3.8) is 0 Å². The van der Waals surface area contributed by atoms with E-state index < -0.39 is 0 Å². The predicted molar refractivity (Wildman–Crippen MR) is 90.1 cm³/mol. The zero-order valence-corrected chi connectivity index (χ0v) is 14.0. The van der Waals surface area contributed by atoms with Crippen LogP contribution in [0, 0.1) is 11.8 Å². The molecule has 0 unspecified atom stereocenters. The van der Waals surface area contributed by atoms with E-state index in [1.807, 2.05) is 18.2 Å². The Balaban J connectivity index is 1.60. The van der Waals surface area contributed by atoms with Gasteiger partial charge < -0.3 is 20.4 Å². The van der Waals surface area contributed by atoms with Crippen LogP contribution >= 0.6 is 0 Å². The van der Waals surface area contributed by atoms with E-state index >= 15 is 0 Å². The van der Waals surface area contributed by atoms with Crippen molar-refractivity contribution in [2.24, 2.45) is 11.8 Å². The van der Waals surface area contributed by atoms with E-state index in [1.165, 1.54) is 0 Å². The third-order valence-corrected chi connectivity index (χ3v) is 5.30. The fourth-order valence-corrected chi connectivity index (χ4v) is 3.73. The van der Waals surface area contributed by atoms with Crippen LogP contribution < -0.4 is 5.32 Å². The Morgan fingerprint density at radius 2 is 2.08 bits per heavy atom. The van der Waals surface area contributed by atoms with Gasteiger partial charge in [-0.1, -0.05) is 6.07 Å². The van der Waals surface area contributed by atoms with Gasteiger partial charge in [0.25, 0.3) is 0 Å². The maximum Gasteiger partial charge on any atom is 0.223 e. The Morgan fingerprint density at radius 1 is 1.33 bits per heavy atom. The highest BCUT2D eigenvalue weighted by atomic mass is 16.3. The Bertz CT molecular complexity index is 526. The number of likely N-dealkylation sites (tertiary alicyclic amines) is 1. The fraction of sp³-hybridized carbons (Fsp3) is 0.667. The zero-order chi connectivity index (χ0) is 16.9. The second-order valence-corrected chi connectivity index (χ2v) is 6.97. The van der Waals surface area contributed by atoms with Crippen LogP contribution in [0.25, 0.3) is 0 Å². The molecule has 3 rings (SSSR count). The SMILES string of the molecule is O=C(N[C@H](c1ccccn1)C1CC(O)C1)C1CCN(CCO)CC1. The lowest BCUT2D eigenvalue weighted by Crippen LogP contribution is -2.46. The smallest absolute Gasteiger partial charge is 0.223 e. The van der Waals surface area contributed by atoms with Gasteiger partial charge in [-0.2, -0.15) is 0 Å². The third-order valence-electron chi connectivity index (χ3n) is 5.30. The molecular formula is C18H27N3O3. The van der Waals surface area contributed by atoms with E-state index in [2.05, 4.69) is 15.2 Å². The van der Waals surface area contributed by atoms with Gasteiger partial charge in [-0.3, -0.25) is 9.78 Å². The van der Waals surface area contributed by atoms with Crippen LogP contribution in [-0.2, 0) is 4.79 Å². The van der Waals surface area contributed by atoms with Crippen LogP contribution in [0.5, 0.6) is 0 Å². The molecule has 1 aliphatic heterocycles. The first-order chi connectivity index (χ1) is 11.7. The summed E-state index contributed by atoms with van der Waals surface area (Å²) in [6, 6.07) is 5.63. The first kappa shape index (κ1) is 17.3. The van der Waals surface area contributed by atoms with Gasteiger partial charge in [0.05, 0.1) is 24.4 Å². The monoisotopic (exact) mass is 333 g/mol. The van der Waals surface area contributed by atoms with Gasteiger partial charge in [-0.15, -0.1) is 0 Å². The normalized spacial score (nSPS) is 26.6. The molecule has 6 heteroatoms. The summed E-state index contributed by atoms with van der Waals surface area (Å²) in [4.78, 5) is 19.3. The Morgan fingerprint density at radius 3 is 2.67 bits per heavy atom. The van der Waals surface area contributed by atoms with Crippen LogP contribution in [0.15, 0.2) is 24.4 Å². The van der Waals surface area contributed by atoms with Gasteiger partial charge in [-0.05, 0) is 56.8 Å². The largest absolute Gasteiger partial charge is 0.395 e. The third kappa shape index (κ3) is 4.12.